The first kappa shape index (κ1) is 19.2. The molecule has 0 saturated carbocycles. The molecular weight excluding hydrogens is 368 g/mol. The molecule has 2 aromatic heterocycles. The van der Waals surface area contributed by atoms with Gasteiger partial charge in [-0.25, -0.2) is 4.98 Å². The largest absolute Gasteiger partial charge is 0.352 e. The Balaban J connectivity index is 1.35. The highest BCUT2D eigenvalue weighted by Crippen LogP contribution is 2.23. The predicted molar refractivity (Wildman–Crippen MR) is 113 cm³/mol. The van der Waals surface area contributed by atoms with Crippen LogP contribution in [0.1, 0.15) is 37.1 Å². The number of nitrogens with zero attached hydrogens (tertiary/aromatic N) is 3. The van der Waals surface area contributed by atoms with Crippen LogP contribution in [-0.2, 0) is 24.3 Å². The number of aromatic nitrogens is 2. The lowest BCUT2D eigenvalue weighted by Crippen LogP contribution is -2.38. The van der Waals surface area contributed by atoms with E-state index in [2.05, 4.69) is 53.3 Å². The first-order valence-electron chi connectivity index (χ1n) is 10.0. The highest BCUT2D eigenvalue weighted by Gasteiger charge is 2.22. The van der Waals surface area contributed by atoms with Crippen molar-refractivity contribution in [2.75, 3.05) is 13.1 Å². The molecule has 3 heterocycles. The third-order valence-corrected chi connectivity index (χ3v) is 6.19. The smallest absolute Gasteiger partial charge is 0.226 e. The summed E-state index contributed by atoms with van der Waals surface area (Å²) in [6, 6.07) is 8.46. The number of amides is 1. The summed E-state index contributed by atoms with van der Waals surface area (Å²) >= 11 is 1.58. The van der Waals surface area contributed by atoms with Crippen molar-refractivity contribution < 1.29 is 4.79 Å². The van der Waals surface area contributed by atoms with Gasteiger partial charge in [0.2, 0.25) is 5.91 Å². The van der Waals surface area contributed by atoms with Crippen molar-refractivity contribution in [1.82, 2.24) is 19.6 Å². The average Bonchev–Trinajstić information content (AvgIpc) is 3.21. The molecule has 5 nitrogen and oxygen atoms in total. The monoisotopic (exact) mass is 396 g/mol. The van der Waals surface area contributed by atoms with E-state index in [0.717, 1.165) is 42.1 Å². The molecule has 0 radical (unpaired) electrons. The number of hydrogen-bond acceptors (Lipinski definition) is 4. The molecular formula is C22H28N4OS. The summed E-state index contributed by atoms with van der Waals surface area (Å²) in [5.74, 6) is 1.51. The van der Waals surface area contributed by atoms with Crippen LogP contribution < -0.4 is 5.32 Å². The lowest BCUT2D eigenvalue weighted by Gasteiger charge is -2.35. The molecule has 6 heteroatoms. The summed E-state index contributed by atoms with van der Waals surface area (Å²) in [5.41, 5.74) is 3.33. The zero-order chi connectivity index (χ0) is 19.5. The van der Waals surface area contributed by atoms with E-state index >= 15 is 0 Å². The lowest BCUT2D eigenvalue weighted by molar-refractivity contribution is -0.120. The van der Waals surface area contributed by atoms with E-state index in [9.17, 15) is 4.79 Å². The normalized spacial score (nSPS) is 20.5. The molecule has 3 aromatic rings. The zero-order valence-electron chi connectivity index (χ0n) is 16.6. The van der Waals surface area contributed by atoms with Crippen LogP contribution >= 0.6 is 11.3 Å². The molecule has 2 atom stereocenters. The number of fused-ring (bicyclic) bond motifs is 1. The number of imidazole rings is 1. The fourth-order valence-electron chi connectivity index (χ4n) is 4.33. The average molecular weight is 397 g/mol. The van der Waals surface area contributed by atoms with Crippen LogP contribution in [0.5, 0.6) is 0 Å². The number of rotatable bonds is 6. The van der Waals surface area contributed by atoms with E-state index in [0.29, 0.717) is 13.0 Å². The SMILES string of the molecule is CC1CC(C)CN(Cc2ccccc2CNC(=O)Cc2cn3ccsc3n2)C1. The standard InChI is InChI=1S/C22H28N4OS/c1-16-9-17(2)13-25(12-16)14-19-6-4-3-5-18(19)11-23-21(27)10-20-15-26-7-8-28-22(26)24-20/h3-8,15-17H,9-14H2,1-2H3,(H,23,27). The summed E-state index contributed by atoms with van der Waals surface area (Å²) < 4.78 is 1.96. The first-order valence-corrected chi connectivity index (χ1v) is 10.9. The molecule has 1 saturated heterocycles. The van der Waals surface area contributed by atoms with Gasteiger partial charge in [-0.15, -0.1) is 11.3 Å². The number of piperidine rings is 1. The van der Waals surface area contributed by atoms with Crippen LogP contribution in [0.3, 0.4) is 0 Å². The minimum Gasteiger partial charge on any atom is -0.352 e. The molecule has 1 aliphatic heterocycles. The maximum absolute atomic E-state index is 12.4. The number of likely N-dealkylation sites (tertiary alicyclic amines) is 1. The maximum Gasteiger partial charge on any atom is 0.226 e. The summed E-state index contributed by atoms with van der Waals surface area (Å²) in [6.45, 7) is 8.52. The fraction of sp³-hybridized carbons (Fsp3) is 0.455. The second kappa shape index (κ2) is 8.45. The third-order valence-electron chi connectivity index (χ3n) is 5.42. The van der Waals surface area contributed by atoms with Crippen molar-refractivity contribution in [2.45, 2.75) is 39.8 Å². The summed E-state index contributed by atoms with van der Waals surface area (Å²) in [5, 5.41) is 5.07. The molecule has 4 rings (SSSR count). The Hall–Kier alpha value is -2.18. The van der Waals surface area contributed by atoms with Crippen LogP contribution in [-0.4, -0.2) is 33.3 Å². The van der Waals surface area contributed by atoms with Crippen LogP contribution in [0, 0.1) is 11.8 Å². The molecule has 28 heavy (non-hydrogen) atoms. The third kappa shape index (κ3) is 4.62. The predicted octanol–water partition coefficient (Wildman–Crippen LogP) is 3.73. The molecule has 1 N–H and O–H groups in total. The van der Waals surface area contributed by atoms with Gasteiger partial charge in [0.1, 0.15) is 0 Å². The minimum absolute atomic E-state index is 0.0146. The quantitative estimate of drug-likeness (QED) is 0.691. The molecule has 148 valence electrons. The van der Waals surface area contributed by atoms with Crippen LogP contribution in [0.15, 0.2) is 42.0 Å². The molecule has 1 aliphatic rings. The van der Waals surface area contributed by atoms with Crippen molar-refractivity contribution in [1.29, 1.82) is 0 Å². The van der Waals surface area contributed by atoms with Crippen LogP contribution in [0.25, 0.3) is 4.96 Å². The summed E-state index contributed by atoms with van der Waals surface area (Å²) in [6.07, 6.45) is 5.53. The molecule has 0 spiro atoms. The van der Waals surface area contributed by atoms with Crippen LogP contribution in [0.4, 0.5) is 0 Å². The number of nitrogens with one attached hydrogen (secondary N) is 1. The minimum atomic E-state index is 0.0146. The van der Waals surface area contributed by atoms with Gasteiger partial charge in [0.05, 0.1) is 12.1 Å². The van der Waals surface area contributed by atoms with Gasteiger partial charge in [0.15, 0.2) is 4.96 Å². The Bertz CT molecular complexity index is 908. The zero-order valence-corrected chi connectivity index (χ0v) is 17.4. The maximum atomic E-state index is 12.4. The van der Waals surface area contributed by atoms with Gasteiger partial charge in [-0.3, -0.25) is 14.1 Å². The second-order valence-corrected chi connectivity index (χ2v) is 9.06. The molecule has 0 bridgehead atoms. The van der Waals surface area contributed by atoms with Crippen LogP contribution in [0.2, 0.25) is 0 Å². The van der Waals surface area contributed by atoms with E-state index < -0.39 is 0 Å². The first-order chi connectivity index (χ1) is 13.6. The molecule has 2 unspecified atom stereocenters. The van der Waals surface area contributed by atoms with Gasteiger partial charge in [-0.05, 0) is 29.4 Å². The van der Waals surface area contributed by atoms with Crippen molar-refractivity contribution >= 4 is 22.2 Å². The molecule has 1 amide bonds. The Labute approximate surface area is 170 Å². The van der Waals surface area contributed by atoms with E-state index in [-0.39, 0.29) is 5.91 Å². The fourth-order valence-corrected chi connectivity index (χ4v) is 5.05. The van der Waals surface area contributed by atoms with E-state index in [1.165, 1.54) is 17.5 Å². The molecule has 0 aliphatic carbocycles. The Morgan fingerprint density at radius 2 is 1.96 bits per heavy atom. The van der Waals surface area contributed by atoms with E-state index in [1.54, 1.807) is 11.3 Å². The highest BCUT2D eigenvalue weighted by molar-refractivity contribution is 7.15. The van der Waals surface area contributed by atoms with Gasteiger partial charge >= 0.3 is 0 Å². The van der Waals surface area contributed by atoms with Gasteiger partial charge in [-0.1, -0.05) is 38.1 Å². The number of carbonyl (C=O) groups is 1. The molecule has 1 aromatic carbocycles. The van der Waals surface area contributed by atoms with E-state index in [1.807, 2.05) is 22.2 Å². The number of benzene rings is 1. The van der Waals surface area contributed by atoms with Crippen molar-refractivity contribution in [3.63, 3.8) is 0 Å². The number of hydrogen-bond donors (Lipinski definition) is 1. The topological polar surface area (TPSA) is 49.6 Å². The van der Waals surface area contributed by atoms with Gasteiger partial charge in [0.25, 0.3) is 0 Å². The Morgan fingerprint density at radius 3 is 2.71 bits per heavy atom. The highest BCUT2D eigenvalue weighted by atomic mass is 32.1. The van der Waals surface area contributed by atoms with Gasteiger partial charge in [0, 0.05) is 44.0 Å². The second-order valence-electron chi connectivity index (χ2n) is 8.19. The van der Waals surface area contributed by atoms with Crippen molar-refractivity contribution in [3.05, 3.63) is 58.9 Å². The van der Waals surface area contributed by atoms with E-state index in [4.69, 9.17) is 0 Å². The van der Waals surface area contributed by atoms with Gasteiger partial charge in [-0.2, -0.15) is 0 Å². The number of thiazole rings is 1. The van der Waals surface area contributed by atoms with Crippen molar-refractivity contribution in [2.24, 2.45) is 11.8 Å². The molecule has 1 fully saturated rings. The lowest BCUT2D eigenvalue weighted by atomic mass is 9.91. The summed E-state index contributed by atoms with van der Waals surface area (Å²) in [7, 11) is 0. The number of carbonyl (C=O) groups excluding carboxylic acids is 1. The summed E-state index contributed by atoms with van der Waals surface area (Å²) in [4.78, 5) is 20.4. The van der Waals surface area contributed by atoms with Gasteiger partial charge < -0.3 is 5.32 Å². The Morgan fingerprint density at radius 1 is 1.21 bits per heavy atom. The Kier molecular flexibility index (Phi) is 5.78. The van der Waals surface area contributed by atoms with Crippen molar-refractivity contribution in [3.8, 4) is 0 Å².